The van der Waals surface area contributed by atoms with E-state index >= 15 is 0 Å². The van der Waals surface area contributed by atoms with Crippen molar-refractivity contribution in [1.82, 2.24) is 20.2 Å². The molecule has 1 atom stereocenters. The first kappa shape index (κ1) is 21.6. The van der Waals surface area contributed by atoms with E-state index in [9.17, 15) is 0 Å². The average molecular weight is 442 g/mol. The molecule has 4 rings (SSSR count). The van der Waals surface area contributed by atoms with E-state index < -0.39 is 0 Å². The quantitative estimate of drug-likeness (QED) is 0.659. The molecule has 2 heterocycles. The molecule has 31 heavy (non-hydrogen) atoms. The third-order valence-electron chi connectivity index (χ3n) is 5.83. The summed E-state index contributed by atoms with van der Waals surface area (Å²) in [5.41, 5.74) is 2.11. The minimum Gasteiger partial charge on any atom is -0.495 e. The van der Waals surface area contributed by atoms with Gasteiger partial charge in [-0.1, -0.05) is 35.9 Å². The van der Waals surface area contributed by atoms with Crippen LogP contribution in [0.1, 0.15) is 38.2 Å². The van der Waals surface area contributed by atoms with Gasteiger partial charge in [0.05, 0.1) is 44.5 Å². The van der Waals surface area contributed by atoms with Crippen LogP contribution in [0.15, 0.2) is 48.5 Å². The number of nitrogens with one attached hydrogen (secondary N) is 1. The van der Waals surface area contributed by atoms with Gasteiger partial charge in [0.25, 0.3) is 0 Å². The van der Waals surface area contributed by atoms with Crippen molar-refractivity contribution in [3.63, 3.8) is 0 Å². The Hall–Kier alpha value is -2.64. The fourth-order valence-electron chi connectivity index (χ4n) is 4.29. The normalized spacial score (nSPS) is 16.4. The molecule has 0 aliphatic carbocycles. The second-order valence-corrected chi connectivity index (χ2v) is 9.36. The standard InChI is InChI=1S/C23H29ClN6O/c1-23(2,3)30-22(25-26-27-30)21(17-9-11-18(24)12-10-17)29-15-13-28(14-16-29)19-7-5-6-8-20(19)31-4/h5-12,21H,13-16H2,1-4H3/p+1/t21-/m1/s1. The van der Waals surface area contributed by atoms with Gasteiger partial charge in [0, 0.05) is 10.6 Å². The Morgan fingerprint density at radius 1 is 1.03 bits per heavy atom. The number of piperazine rings is 1. The van der Waals surface area contributed by atoms with Crippen LogP contribution in [0.5, 0.6) is 5.75 Å². The smallest absolute Gasteiger partial charge is 0.214 e. The Morgan fingerprint density at radius 3 is 2.35 bits per heavy atom. The molecule has 2 aromatic carbocycles. The minimum absolute atomic E-state index is 0.0336. The van der Waals surface area contributed by atoms with Gasteiger partial charge in [-0.2, -0.15) is 0 Å². The molecule has 1 aliphatic heterocycles. The van der Waals surface area contributed by atoms with Gasteiger partial charge >= 0.3 is 0 Å². The van der Waals surface area contributed by atoms with Gasteiger partial charge < -0.3 is 14.5 Å². The molecule has 1 saturated heterocycles. The summed E-state index contributed by atoms with van der Waals surface area (Å²) >= 11 is 6.18. The van der Waals surface area contributed by atoms with Gasteiger partial charge in [0.2, 0.25) is 5.82 Å². The molecule has 164 valence electrons. The van der Waals surface area contributed by atoms with E-state index in [-0.39, 0.29) is 11.6 Å². The zero-order valence-corrected chi connectivity index (χ0v) is 19.3. The SMILES string of the molecule is COc1ccccc1N1CC[NH+]([C@H](c2ccc(Cl)cc2)c2nnnn2C(C)(C)C)CC1. The zero-order chi connectivity index (χ0) is 22.0. The van der Waals surface area contributed by atoms with Crippen LogP contribution in [-0.4, -0.2) is 53.5 Å². The van der Waals surface area contributed by atoms with Crippen molar-refractivity contribution in [3.05, 3.63) is 64.9 Å². The Morgan fingerprint density at radius 2 is 1.71 bits per heavy atom. The Bertz CT molecular complexity index is 1010. The summed E-state index contributed by atoms with van der Waals surface area (Å²) in [6, 6.07) is 16.3. The first-order valence-corrected chi connectivity index (χ1v) is 11.0. The van der Waals surface area contributed by atoms with Gasteiger partial charge in [0.15, 0.2) is 6.04 Å². The second-order valence-electron chi connectivity index (χ2n) is 8.92. The maximum atomic E-state index is 6.18. The Labute approximate surface area is 188 Å². The summed E-state index contributed by atoms with van der Waals surface area (Å²) in [6.07, 6.45) is 0. The number of hydrogen-bond donors (Lipinski definition) is 1. The molecule has 0 radical (unpaired) electrons. The Balaban J connectivity index is 1.63. The van der Waals surface area contributed by atoms with Gasteiger partial charge in [-0.15, -0.1) is 5.10 Å². The van der Waals surface area contributed by atoms with E-state index in [4.69, 9.17) is 16.3 Å². The molecule has 0 amide bonds. The number of benzene rings is 2. The van der Waals surface area contributed by atoms with Crippen molar-refractivity contribution in [2.75, 3.05) is 38.2 Å². The number of tetrazole rings is 1. The third-order valence-corrected chi connectivity index (χ3v) is 6.08. The van der Waals surface area contributed by atoms with Gasteiger partial charge in [-0.05, 0) is 55.5 Å². The predicted molar refractivity (Wildman–Crippen MR) is 122 cm³/mol. The van der Waals surface area contributed by atoms with Crippen molar-refractivity contribution in [2.45, 2.75) is 32.4 Å². The van der Waals surface area contributed by atoms with Crippen molar-refractivity contribution in [2.24, 2.45) is 0 Å². The van der Waals surface area contributed by atoms with Crippen LogP contribution in [0, 0.1) is 0 Å². The van der Waals surface area contributed by atoms with Gasteiger partial charge in [0.1, 0.15) is 5.75 Å². The molecule has 0 spiro atoms. The molecule has 3 aromatic rings. The van der Waals surface area contributed by atoms with E-state index in [2.05, 4.69) is 65.5 Å². The van der Waals surface area contributed by atoms with Crippen LogP contribution in [0.3, 0.4) is 0 Å². The number of hydrogen-bond acceptors (Lipinski definition) is 5. The summed E-state index contributed by atoms with van der Waals surface area (Å²) in [4.78, 5) is 3.84. The van der Waals surface area contributed by atoms with E-state index in [1.807, 2.05) is 28.9 Å². The Kier molecular flexibility index (Phi) is 6.16. The summed E-state index contributed by atoms with van der Waals surface area (Å²) in [7, 11) is 1.73. The lowest BCUT2D eigenvalue weighted by Crippen LogP contribution is -3.15. The monoisotopic (exact) mass is 441 g/mol. The fourth-order valence-corrected chi connectivity index (χ4v) is 4.41. The number of para-hydroxylation sites is 2. The van der Waals surface area contributed by atoms with Crippen molar-refractivity contribution >= 4 is 17.3 Å². The van der Waals surface area contributed by atoms with Crippen molar-refractivity contribution in [3.8, 4) is 5.75 Å². The lowest BCUT2D eigenvalue weighted by molar-refractivity contribution is -0.927. The van der Waals surface area contributed by atoms with E-state index in [0.717, 1.165) is 48.5 Å². The summed E-state index contributed by atoms with van der Waals surface area (Å²) in [5, 5.41) is 13.6. The third kappa shape index (κ3) is 4.52. The lowest BCUT2D eigenvalue weighted by Gasteiger charge is -2.38. The number of rotatable bonds is 5. The van der Waals surface area contributed by atoms with E-state index in [1.54, 1.807) is 7.11 Å². The van der Waals surface area contributed by atoms with Gasteiger partial charge in [-0.3, -0.25) is 0 Å². The number of methoxy groups -OCH3 is 1. The molecule has 7 nitrogen and oxygen atoms in total. The van der Waals surface area contributed by atoms with Crippen molar-refractivity contribution < 1.29 is 9.64 Å². The molecule has 0 saturated carbocycles. The first-order chi connectivity index (χ1) is 14.9. The molecule has 8 heteroatoms. The highest BCUT2D eigenvalue weighted by molar-refractivity contribution is 6.30. The maximum absolute atomic E-state index is 6.18. The highest BCUT2D eigenvalue weighted by Crippen LogP contribution is 2.28. The van der Waals surface area contributed by atoms with E-state index in [1.165, 1.54) is 10.5 Å². The summed E-state index contributed by atoms with van der Waals surface area (Å²) in [5.74, 6) is 1.80. The molecular weight excluding hydrogens is 412 g/mol. The fraction of sp³-hybridized carbons (Fsp3) is 0.435. The second kappa shape index (κ2) is 8.85. The molecule has 0 bridgehead atoms. The molecule has 1 aromatic heterocycles. The molecule has 1 aliphatic rings. The average Bonchev–Trinajstić information content (AvgIpc) is 3.26. The lowest BCUT2D eigenvalue weighted by atomic mass is 10.0. The minimum atomic E-state index is -0.206. The number of quaternary nitrogens is 1. The summed E-state index contributed by atoms with van der Waals surface area (Å²) in [6.45, 7) is 10.2. The van der Waals surface area contributed by atoms with Crippen LogP contribution >= 0.6 is 11.6 Å². The zero-order valence-electron chi connectivity index (χ0n) is 18.5. The maximum Gasteiger partial charge on any atom is 0.214 e. The predicted octanol–water partition coefficient (Wildman–Crippen LogP) is 2.58. The van der Waals surface area contributed by atoms with Gasteiger partial charge in [-0.25, -0.2) is 4.68 Å². The number of nitrogens with zero attached hydrogens (tertiary/aromatic N) is 5. The molecule has 0 unspecified atom stereocenters. The highest BCUT2D eigenvalue weighted by atomic mass is 35.5. The first-order valence-electron chi connectivity index (χ1n) is 10.7. The molecule has 1 N–H and O–H groups in total. The van der Waals surface area contributed by atoms with Crippen LogP contribution < -0.4 is 14.5 Å². The van der Waals surface area contributed by atoms with Crippen LogP contribution in [0.25, 0.3) is 0 Å². The molecule has 1 fully saturated rings. The van der Waals surface area contributed by atoms with Crippen LogP contribution in [-0.2, 0) is 5.54 Å². The number of ether oxygens (including phenoxy) is 1. The molecular formula is C23H30ClN6O+. The number of aromatic nitrogens is 4. The number of halogens is 1. The highest BCUT2D eigenvalue weighted by Gasteiger charge is 2.36. The van der Waals surface area contributed by atoms with Crippen molar-refractivity contribution in [1.29, 1.82) is 0 Å². The van der Waals surface area contributed by atoms with E-state index in [0.29, 0.717) is 0 Å². The number of anilines is 1. The summed E-state index contributed by atoms with van der Waals surface area (Å²) < 4.78 is 7.52. The van der Waals surface area contributed by atoms with Crippen LogP contribution in [0.4, 0.5) is 5.69 Å². The topological polar surface area (TPSA) is 60.5 Å². The largest absolute Gasteiger partial charge is 0.495 e. The van der Waals surface area contributed by atoms with Crippen LogP contribution in [0.2, 0.25) is 5.02 Å².